The van der Waals surface area contributed by atoms with Gasteiger partial charge in [-0.3, -0.25) is 0 Å². The van der Waals surface area contributed by atoms with E-state index in [2.05, 4.69) is 0 Å². The van der Waals surface area contributed by atoms with Gasteiger partial charge >= 0.3 is 11.9 Å². The van der Waals surface area contributed by atoms with Crippen molar-refractivity contribution in [3.63, 3.8) is 0 Å². The normalized spacial score (nSPS) is 10.7. The molecule has 0 bridgehead atoms. The molecule has 0 atom stereocenters. The van der Waals surface area contributed by atoms with Gasteiger partial charge in [0.05, 0.1) is 25.3 Å². The van der Waals surface area contributed by atoms with E-state index >= 15 is 0 Å². The number of hydrogen-bond acceptors (Lipinski definition) is 6. The van der Waals surface area contributed by atoms with Crippen molar-refractivity contribution in [2.75, 3.05) is 14.2 Å². The minimum Gasteiger partial charge on any atom is -0.465 e. The van der Waals surface area contributed by atoms with E-state index in [1.165, 1.54) is 14.2 Å². The zero-order valence-corrected chi connectivity index (χ0v) is 23.6. The molecule has 0 aliphatic heterocycles. The molecule has 0 N–H and O–H groups in total. The summed E-state index contributed by atoms with van der Waals surface area (Å²) >= 11 is 3.16. The predicted octanol–water partition coefficient (Wildman–Crippen LogP) is 8.90. The Morgan fingerprint density at radius 1 is 0.475 bits per heavy atom. The number of hydrogen-bond donors (Lipinski definition) is 0. The summed E-state index contributed by atoms with van der Waals surface area (Å²) in [5.41, 5.74) is 4.14. The summed E-state index contributed by atoms with van der Waals surface area (Å²) in [5, 5.41) is 0. The summed E-state index contributed by atoms with van der Waals surface area (Å²) in [6.45, 7) is 0. The number of carbonyl (C=O) groups excluding carboxylic acids is 2. The Hall–Kier alpha value is -4.26. The van der Waals surface area contributed by atoms with Crippen molar-refractivity contribution in [2.24, 2.45) is 0 Å². The lowest BCUT2D eigenvalue weighted by atomic mass is 9.94. The van der Waals surface area contributed by atoms with Crippen LogP contribution in [-0.4, -0.2) is 26.2 Å². The van der Waals surface area contributed by atoms with Gasteiger partial charge in [0.1, 0.15) is 0 Å². The van der Waals surface area contributed by atoms with Crippen LogP contribution in [0.15, 0.2) is 141 Å². The first-order chi connectivity index (χ1) is 19.6. The van der Waals surface area contributed by atoms with E-state index in [4.69, 9.17) is 9.47 Å². The monoisotopic (exact) mass is 562 g/mol. The van der Waals surface area contributed by atoms with Crippen LogP contribution in [0.25, 0.3) is 22.3 Å². The Morgan fingerprint density at radius 3 is 1.30 bits per heavy atom. The van der Waals surface area contributed by atoms with E-state index in [-0.39, 0.29) is 0 Å². The molecule has 198 valence electrons. The quantitative estimate of drug-likeness (QED) is 0.176. The van der Waals surface area contributed by atoms with Crippen LogP contribution in [0.2, 0.25) is 0 Å². The fourth-order valence-electron chi connectivity index (χ4n) is 4.34. The van der Waals surface area contributed by atoms with Gasteiger partial charge in [-0.1, -0.05) is 90.3 Å². The van der Waals surface area contributed by atoms with Gasteiger partial charge < -0.3 is 9.47 Å². The minimum absolute atomic E-state index is 0.409. The highest BCUT2D eigenvalue weighted by Crippen LogP contribution is 2.36. The van der Waals surface area contributed by atoms with Crippen molar-refractivity contribution >= 4 is 35.5 Å². The van der Waals surface area contributed by atoms with E-state index in [1.807, 2.05) is 121 Å². The number of ether oxygens (including phenoxy) is 2. The lowest BCUT2D eigenvalue weighted by Crippen LogP contribution is -2.05. The molecule has 0 saturated heterocycles. The molecule has 0 heterocycles. The third-order valence-corrected chi connectivity index (χ3v) is 8.23. The maximum atomic E-state index is 12.8. The molecule has 4 nitrogen and oxygen atoms in total. The first kappa shape index (κ1) is 27.3. The summed E-state index contributed by atoms with van der Waals surface area (Å²) in [6.07, 6.45) is 0. The fourth-order valence-corrected chi connectivity index (χ4v) is 6.09. The molecule has 0 radical (unpaired) electrons. The Labute approximate surface area is 242 Å². The van der Waals surface area contributed by atoms with Crippen LogP contribution >= 0.6 is 23.5 Å². The van der Waals surface area contributed by atoms with Crippen molar-refractivity contribution < 1.29 is 19.1 Å². The summed E-state index contributed by atoms with van der Waals surface area (Å²) in [5.74, 6) is -0.818. The molecule has 5 rings (SSSR count). The molecular weight excluding hydrogens is 537 g/mol. The third-order valence-electron chi connectivity index (χ3n) is 6.24. The second-order valence-electron chi connectivity index (χ2n) is 8.81. The number of benzene rings is 5. The number of carbonyl (C=O) groups is 2. The molecule has 40 heavy (non-hydrogen) atoms. The molecule has 0 aliphatic rings. The first-order valence-electron chi connectivity index (χ1n) is 12.6. The molecule has 5 aromatic rings. The highest BCUT2D eigenvalue weighted by Gasteiger charge is 2.18. The van der Waals surface area contributed by atoms with Crippen molar-refractivity contribution in [1.82, 2.24) is 0 Å². The number of methoxy groups -OCH3 is 2. The maximum Gasteiger partial charge on any atom is 0.338 e. The van der Waals surface area contributed by atoms with Crippen LogP contribution in [0.5, 0.6) is 0 Å². The highest BCUT2D eigenvalue weighted by atomic mass is 32.2. The lowest BCUT2D eigenvalue weighted by Gasteiger charge is -2.14. The van der Waals surface area contributed by atoms with Gasteiger partial charge in [0.2, 0.25) is 0 Å². The highest BCUT2D eigenvalue weighted by molar-refractivity contribution is 7.99. The Morgan fingerprint density at radius 2 is 0.900 bits per heavy atom. The molecule has 5 aromatic carbocycles. The molecule has 0 aromatic heterocycles. The Balaban J connectivity index is 1.53. The van der Waals surface area contributed by atoms with Crippen LogP contribution in [-0.2, 0) is 9.47 Å². The molecule has 0 amide bonds. The standard InChI is InChI=1S/C34H26O4S2/c1-37-33(35)31-21-27(39-25-12-5-3-6-13-25)16-18-29(31)23-10-9-11-24(20-23)30-19-17-28(22-32(30)34(36)38-2)40-26-14-7-4-8-15-26/h3-22H,1-2H3. The van der Waals surface area contributed by atoms with Gasteiger partial charge in [0.15, 0.2) is 0 Å². The predicted molar refractivity (Wildman–Crippen MR) is 161 cm³/mol. The molecule has 0 fully saturated rings. The molecule has 6 heteroatoms. The minimum atomic E-state index is -0.409. The summed E-state index contributed by atoms with van der Waals surface area (Å²) in [6, 6.07) is 39.4. The summed E-state index contributed by atoms with van der Waals surface area (Å²) in [4.78, 5) is 29.7. The molecular formula is C34H26O4S2. The van der Waals surface area contributed by atoms with Crippen molar-refractivity contribution in [3.8, 4) is 22.3 Å². The summed E-state index contributed by atoms with van der Waals surface area (Å²) in [7, 11) is 2.77. The first-order valence-corrected chi connectivity index (χ1v) is 14.2. The molecule has 0 saturated carbocycles. The van der Waals surface area contributed by atoms with E-state index in [9.17, 15) is 9.59 Å². The van der Waals surface area contributed by atoms with Crippen molar-refractivity contribution in [2.45, 2.75) is 19.6 Å². The van der Waals surface area contributed by atoms with E-state index in [0.29, 0.717) is 11.1 Å². The van der Waals surface area contributed by atoms with Crippen LogP contribution in [0, 0.1) is 0 Å². The van der Waals surface area contributed by atoms with Gasteiger partial charge in [0.25, 0.3) is 0 Å². The second-order valence-corrected chi connectivity index (χ2v) is 11.1. The number of esters is 2. The smallest absolute Gasteiger partial charge is 0.338 e. The van der Waals surface area contributed by atoms with Crippen LogP contribution in [0.1, 0.15) is 20.7 Å². The molecule has 0 aliphatic carbocycles. The molecule has 0 spiro atoms. The van der Waals surface area contributed by atoms with Crippen LogP contribution < -0.4 is 0 Å². The van der Waals surface area contributed by atoms with E-state index in [1.54, 1.807) is 23.5 Å². The average molecular weight is 563 g/mol. The van der Waals surface area contributed by atoms with Crippen LogP contribution in [0.4, 0.5) is 0 Å². The SMILES string of the molecule is COC(=O)c1cc(Sc2ccccc2)ccc1-c1cccc(-c2ccc(Sc3ccccc3)cc2C(=O)OC)c1. The van der Waals surface area contributed by atoms with Crippen molar-refractivity contribution in [3.05, 3.63) is 132 Å². The van der Waals surface area contributed by atoms with Crippen LogP contribution in [0.3, 0.4) is 0 Å². The molecule has 0 unspecified atom stereocenters. The van der Waals surface area contributed by atoms with Gasteiger partial charge in [-0.25, -0.2) is 9.59 Å². The fraction of sp³-hybridized carbons (Fsp3) is 0.0588. The third kappa shape index (κ3) is 6.30. The number of rotatable bonds is 8. The topological polar surface area (TPSA) is 52.6 Å². The van der Waals surface area contributed by atoms with E-state index < -0.39 is 11.9 Å². The van der Waals surface area contributed by atoms with Crippen molar-refractivity contribution in [1.29, 1.82) is 0 Å². The van der Waals surface area contributed by atoms with Gasteiger partial charge in [-0.2, -0.15) is 0 Å². The Kier molecular flexibility index (Phi) is 8.69. The maximum absolute atomic E-state index is 12.8. The zero-order valence-electron chi connectivity index (χ0n) is 22.0. The zero-order chi connectivity index (χ0) is 27.9. The largest absolute Gasteiger partial charge is 0.465 e. The average Bonchev–Trinajstić information content (AvgIpc) is 3.01. The van der Waals surface area contributed by atoms with E-state index in [0.717, 1.165) is 41.8 Å². The van der Waals surface area contributed by atoms with Gasteiger partial charge in [-0.05, 0) is 76.9 Å². The summed E-state index contributed by atoms with van der Waals surface area (Å²) < 4.78 is 10.3. The van der Waals surface area contributed by atoms with Gasteiger partial charge in [-0.15, -0.1) is 0 Å². The second kappa shape index (κ2) is 12.7. The lowest BCUT2D eigenvalue weighted by molar-refractivity contribution is 0.0592. The Bertz CT molecular complexity index is 1530. The van der Waals surface area contributed by atoms with Gasteiger partial charge in [0, 0.05) is 19.6 Å².